The summed E-state index contributed by atoms with van der Waals surface area (Å²) in [5.41, 5.74) is 0.906. The van der Waals surface area contributed by atoms with Crippen LogP contribution in [0.5, 0.6) is 11.5 Å². The first-order chi connectivity index (χ1) is 24.7. The molecule has 0 radical (unpaired) electrons. The number of hydrogen-bond acceptors (Lipinski definition) is 8. The van der Waals surface area contributed by atoms with E-state index in [4.69, 9.17) is 10.2 Å². The number of carbonyl (C=O) groups excluding carboxylic acids is 2. The molecule has 4 aromatic rings. The topological polar surface area (TPSA) is 164 Å². The highest BCUT2D eigenvalue weighted by Gasteiger charge is 2.45. The van der Waals surface area contributed by atoms with Gasteiger partial charge in [0.2, 0.25) is 5.91 Å². The maximum Gasteiger partial charge on any atom is 0.273 e. The highest BCUT2D eigenvalue weighted by atomic mass is 32.2. The van der Waals surface area contributed by atoms with Crippen molar-refractivity contribution in [2.75, 3.05) is 14.1 Å². The Hall–Kier alpha value is -4.71. The minimum atomic E-state index is -4.48. The molecule has 0 aliphatic rings. The fourth-order valence-electron chi connectivity index (χ4n) is 6.58. The van der Waals surface area contributed by atoms with E-state index in [2.05, 4.69) is 10.6 Å². The second kappa shape index (κ2) is 14.5. The molecular weight excluding hydrogens is 703 g/mol. The predicted molar refractivity (Wildman–Crippen MR) is 213 cm³/mol. The molecule has 1 unspecified atom stereocenters. The predicted octanol–water partition coefficient (Wildman–Crippen LogP) is 7.08. The first-order valence-corrected chi connectivity index (χ1v) is 19.7. The number of phenolic OH excluding ortho intramolecular Hbond substituents is 2. The van der Waals surface area contributed by atoms with E-state index in [-0.39, 0.29) is 27.8 Å². The van der Waals surface area contributed by atoms with Gasteiger partial charge in [0.25, 0.3) is 5.91 Å². The lowest BCUT2D eigenvalue weighted by molar-refractivity contribution is -0.120. The van der Waals surface area contributed by atoms with Crippen LogP contribution < -0.4 is 10.6 Å². The first kappa shape index (κ1) is 42.0. The third kappa shape index (κ3) is 8.18. The van der Waals surface area contributed by atoms with Gasteiger partial charge in [0.15, 0.2) is 20.8 Å². The third-order valence-electron chi connectivity index (χ3n) is 9.61. The highest BCUT2D eigenvalue weighted by molar-refractivity contribution is 7.92. The minimum absolute atomic E-state index is 0.0635. The monoisotopic (exact) mass is 759 g/mol. The van der Waals surface area contributed by atoms with E-state index >= 15 is 0 Å². The molecule has 12 heteroatoms. The van der Waals surface area contributed by atoms with Crippen LogP contribution in [0.25, 0.3) is 11.3 Å². The number of nitrogens with one attached hydrogen (secondary N) is 2. The molecule has 0 aliphatic heterocycles. The zero-order valence-corrected chi connectivity index (χ0v) is 34.9. The molecule has 11 nitrogen and oxygen atoms in total. The molecule has 0 saturated heterocycles. The summed E-state index contributed by atoms with van der Waals surface area (Å²) in [7, 11) is -1.66. The SMILES string of the molecule is CNC(=O)c1nn(C(c2cc(C(C)(C)C)c(O)c(C(C)(C)C)c2)[C@H](C(=O)NC)S(=O)(=O)c2ccccc2)nc1-c1cc(C(C)(C)C)c(O)c(C(C)(C)C)c1. The zero-order valence-electron chi connectivity index (χ0n) is 34.1. The molecule has 0 spiro atoms. The van der Waals surface area contributed by atoms with E-state index < -0.39 is 54.6 Å². The Morgan fingerprint density at radius 3 is 1.48 bits per heavy atom. The minimum Gasteiger partial charge on any atom is -0.507 e. The molecule has 1 heterocycles. The number of aromatic nitrogens is 3. The van der Waals surface area contributed by atoms with Gasteiger partial charge in [-0.25, -0.2) is 8.42 Å². The zero-order chi connectivity index (χ0) is 40.9. The standard InChI is InChI=1S/C42H57N5O6S/c1-39(2,3)27-20-24(21-28(34(27)48)40(4,5)6)31-32(37(50)43-13)46-47(45-31)33(36(38(51)44-14)54(52,53)26-18-16-15-17-19-26)25-22-29(41(7,8)9)35(49)30(23-25)42(10,11)12/h15-23,33,36,48-49H,1-14H3,(H,43,50)(H,44,51)/t33?,36-/m1/s1. The van der Waals surface area contributed by atoms with Gasteiger partial charge in [-0.2, -0.15) is 9.90 Å². The van der Waals surface area contributed by atoms with E-state index in [1.54, 1.807) is 42.5 Å². The molecule has 1 aromatic heterocycles. The lowest BCUT2D eigenvalue weighted by atomic mass is 9.77. The summed E-state index contributed by atoms with van der Waals surface area (Å²) in [5, 5.41) is 36.2. The van der Waals surface area contributed by atoms with Crippen molar-refractivity contribution < 1.29 is 28.2 Å². The van der Waals surface area contributed by atoms with Crippen LogP contribution in [0.2, 0.25) is 0 Å². The molecule has 54 heavy (non-hydrogen) atoms. The summed E-state index contributed by atoms with van der Waals surface area (Å²) in [6.07, 6.45) is 0. The van der Waals surface area contributed by atoms with Crippen molar-refractivity contribution in [3.8, 4) is 22.8 Å². The summed E-state index contributed by atoms with van der Waals surface area (Å²) in [6, 6.07) is 13.2. The van der Waals surface area contributed by atoms with Crippen LogP contribution in [-0.2, 0) is 36.3 Å². The lowest BCUT2D eigenvalue weighted by Crippen LogP contribution is -2.45. The van der Waals surface area contributed by atoms with E-state index in [0.29, 0.717) is 33.4 Å². The first-order valence-electron chi connectivity index (χ1n) is 18.1. The lowest BCUT2D eigenvalue weighted by Gasteiger charge is -2.31. The summed E-state index contributed by atoms with van der Waals surface area (Å²) < 4.78 is 29.5. The van der Waals surface area contributed by atoms with Gasteiger partial charge in [0.1, 0.15) is 23.2 Å². The van der Waals surface area contributed by atoms with Gasteiger partial charge in [0, 0.05) is 30.8 Å². The number of benzene rings is 3. The quantitative estimate of drug-likeness (QED) is 0.148. The number of rotatable bonds is 8. The van der Waals surface area contributed by atoms with E-state index in [0.717, 1.165) is 4.80 Å². The van der Waals surface area contributed by atoms with Gasteiger partial charge in [-0.3, -0.25) is 9.59 Å². The van der Waals surface area contributed by atoms with Crippen molar-refractivity contribution in [1.29, 1.82) is 0 Å². The molecule has 2 amide bonds. The van der Waals surface area contributed by atoms with Crippen molar-refractivity contribution in [1.82, 2.24) is 25.6 Å². The number of nitrogens with zero attached hydrogens (tertiary/aromatic N) is 3. The molecule has 0 fully saturated rings. The van der Waals surface area contributed by atoms with E-state index in [1.807, 2.05) is 83.1 Å². The van der Waals surface area contributed by atoms with Crippen LogP contribution >= 0.6 is 0 Å². The number of sulfone groups is 1. The summed E-state index contributed by atoms with van der Waals surface area (Å²) in [5.74, 6) is -1.21. The fourth-order valence-corrected chi connectivity index (χ4v) is 8.41. The van der Waals surface area contributed by atoms with Gasteiger partial charge in [0.05, 0.1) is 4.90 Å². The maximum absolute atomic E-state index is 14.8. The maximum atomic E-state index is 14.8. The Labute approximate surface area is 320 Å². The Morgan fingerprint density at radius 1 is 0.667 bits per heavy atom. The smallest absolute Gasteiger partial charge is 0.273 e. The van der Waals surface area contributed by atoms with Crippen LogP contribution in [0.1, 0.15) is 127 Å². The Balaban J connectivity index is 2.25. The molecule has 2 atom stereocenters. The second-order valence-corrected chi connectivity index (χ2v) is 20.1. The number of carbonyl (C=O) groups is 2. The van der Waals surface area contributed by atoms with Crippen LogP contribution in [0.15, 0.2) is 59.5 Å². The van der Waals surface area contributed by atoms with Crippen molar-refractivity contribution in [2.24, 2.45) is 0 Å². The molecule has 4 N–H and O–H groups in total. The van der Waals surface area contributed by atoms with Gasteiger partial charge >= 0.3 is 0 Å². The fraction of sp³-hybridized carbons (Fsp3) is 0.476. The van der Waals surface area contributed by atoms with Gasteiger partial charge in [-0.15, -0.1) is 5.10 Å². The van der Waals surface area contributed by atoms with Gasteiger partial charge in [-0.1, -0.05) is 101 Å². The average Bonchev–Trinajstić information content (AvgIpc) is 3.50. The van der Waals surface area contributed by atoms with Crippen molar-refractivity contribution in [2.45, 2.75) is 121 Å². The Morgan fingerprint density at radius 2 is 1.09 bits per heavy atom. The van der Waals surface area contributed by atoms with Crippen molar-refractivity contribution in [3.05, 3.63) is 88.1 Å². The molecule has 0 bridgehead atoms. The molecular formula is C42H57N5O6S. The van der Waals surface area contributed by atoms with E-state index in [1.165, 1.54) is 26.2 Å². The number of phenols is 2. The summed E-state index contributed by atoms with van der Waals surface area (Å²) >= 11 is 0. The number of aromatic hydroxyl groups is 2. The largest absolute Gasteiger partial charge is 0.507 e. The summed E-state index contributed by atoms with van der Waals surface area (Å²) in [6.45, 7) is 23.4. The highest BCUT2D eigenvalue weighted by Crippen LogP contribution is 2.45. The average molecular weight is 760 g/mol. The van der Waals surface area contributed by atoms with Gasteiger partial charge in [-0.05, 0) is 74.7 Å². The molecule has 4 rings (SSSR count). The molecule has 0 aliphatic carbocycles. The number of amides is 2. The Bertz CT molecular complexity index is 2090. The van der Waals surface area contributed by atoms with E-state index in [9.17, 15) is 28.2 Å². The normalized spacial score (nSPS) is 14.0. The van der Waals surface area contributed by atoms with Crippen LogP contribution in [0, 0.1) is 0 Å². The second-order valence-electron chi connectivity index (χ2n) is 18.0. The Kier molecular flexibility index (Phi) is 11.3. The van der Waals surface area contributed by atoms with Crippen molar-refractivity contribution >= 4 is 21.7 Å². The molecule has 3 aromatic carbocycles. The van der Waals surface area contributed by atoms with Crippen molar-refractivity contribution in [3.63, 3.8) is 0 Å². The molecule has 0 saturated carbocycles. The van der Waals surface area contributed by atoms with Crippen LogP contribution in [0.3, 0.4) is 0 Å². The van der Waals surface area contributed by atoms with Crippen LogP contribution in [0.4, 0.5) is 0 Å². The summed E-state index contributed by atoms with van der Waals surface area (Å²) in [4.78, 5) is 28.9. The van der Waals surface area contributed by atoms with Gasteiger partial charge < -0.3 is 20.8 Å². The molecule has 292 valence electrons. The number of hydrogen-bond donors (Lipinski definition) is 4. The van der Waals surface area contributed by atoms with Crippen LogP contribution in [-0.4, -0.2) is 64.8 Å². The third-order valence-corrected chi connectivity index (χ3v) is 11.7.